The summed E-state index contributed by atoms with van der Waals surface area (Å²) in [5.74, 6) is 0. The van der Waals surface area contributed by atoms with E-state index in [1.165, 1.54) is 96.3 Å². The Morgan fingerprint density at radius 1 is 0.739 bits per heavy atom. The first-order chi connectivity index (χ1) is 11.4. The van der Waals surface area contributed by atoms with Crippen LogP contribution >= 0.6 is 11.3 Å². The lowest BCUT2D eigenvalue weighted by atomic mass is 10.1. The molecule has 23 heavy (non-hydrogen) atoms. The van der Waals surface area contributed by atoms with Crippen molar-refractivity contribution in [3.8, 4) is 0 Å². The molecule has 0 bridgehead atoms. The van der Waals surface area contributed by atoms with Crippen LogP contribution in [0.3, 0.4) is 0 Å². The lowest BCUT2D eigenvalue weighted by Crippen LogP contribution is -1.83. The predicted octanol–water partition coefficient (Wildman–Crippen LogP) is 8.33. The standard InChI is InChI=1S/C22H38S/c1-2-3-4-5-6-7-8-9-10-11-12-13-14-15-16-17-19-22-20-18-21-23-22/h9-10,18,20-21H,2-8,11-17,19H2,1H3/b10-9-. The minimum atomic E-state index is 1.29. The van der Waals surface area contributed by atoms with Crippen molar-refractivity contribution in [3.05, 3.63) is 34.5 Å². The summed E-state index contributed by atoms with van der Waals surface area (Å²) in [6.07, 6.45) is 25.6. The fourth-order valence-corrected chi connectivity index (χ4v) is 3.75. The zero-order valence-electron chi connectivity index (χ0n) is 15.4. The van der Waals surface area contributed by atoms with Crippen molar-refractivity contribution in [1.29, 1.82) is 0 Å². The Balaban J connectivity index is 1.73. The Labute approximate surface area is 149 Å². The molecule has 0 spiro atoms. The molecule has 0 unspecified atom stereocenters. The molecule has 0 aromatic carbocycles. The quantitative estimate of drug-likeness (QED) is 0.210. The third-order valence-electron chi connectivity index (χ3n) is 4.52. The molecule has 1 aromatic rings. The van der Waals surface area contributed by atoms with Gasteiger partial charge in [-0.25, -0.2) is 0 Å². The number of allylic oxidation sites excluding steroid dienone is 2. The third-order valence-corrected chi connectivity index (χ3v) is 5.45. The average Bonchev–Trinajstić information content (AvgIpc) is 3.08. The molecule has 0 aliphatic rings. The Hall–Kier alpha value is -0.560. The van der Waals surface area contributed by atoms with Gasteiger partial charge in [0, 0.05) is 4.88 Å². The molecule has 0 radical (unpaired) electrons. The molecule has 1 aromatic heterocycles. The first-order valence-corrected chi connectivity index (χ1v) is 11.0. The van der Waals surface area contributed by atoms with E-state index in [0.717, 1.165) is 0 Å². The van der Waals surface area contributed by atoms with Crippen LogP contribution in [0.2, 0.25) is 0 Å². The van der Waals surface area contributed by atoms with E-state index in [1.54, 1.807) is 4.88 Å². The Morgan fingerprint density at radius 3 is 1.87 bits per heavy atom. The zero-order chi connectivity index (χ0) is 16.4. The van der Waals surface area contributed by atoms with E-state index in [0.29, 0.717) is 0 Å². The molecule has 0 saturated carbocycles. The number of hydrogen-bond donors (Lipinski definition) is 0. The van der Waals surface area contributed by atoms with Crippen molar-refractivity contribution in [2.24, 2.45) is 0 Å². The van der Waals surface area contributed by atoms with Crippen molar-refractivity contribution in [2.75, 3.05) is 0 Å². The summed E-state index contributed by atoms with van der Waals surface area (Å²) in [5, 5.41) is 2.19. The number of rotatable bonds is 16. The number of unbranched alkanes of at least 4 members (excludes halogenated alkanes) is 12. The van der Waals surface area contributed by atoms with Gasteiger partial charge in [-0.2, -0.15) is 0 Å². The summed E-state index contributed by atoms with van der Waals surface area (Å²) in [5.41, 5.74) is 0. The minimum Gasteiger partial charge on any atom is -0.149 e. The van der Waals surface area contributed by atoms with Crippen LogP contribution in [-0.2, 0) is 6.42 Å². The summed E-state index contributed by atoms with van der Waals surface area (Å²) in [7, 11) is 0. The fraction of sp³-hybridized carbons (Fsp3) is 0.727. The molecular formula is C22H38S. The van der Waals surface area contributed by atoms with Gasteiger partial charge in [-0.15, -0.1) is 11.3 Å². The molecule has 0 nitrogen and oxygen atoms in total. The molecule has 0 amide bonds. The lowest BCUT2D eigenvalue weighted by Gasteiger charge is -2.00. The van der Waals surface area contributed by atoms with E-state index in [1.807, 2.05) is 11.3 Å². The van der Waals surface area contributed by atoms with Crippen LogP contribution in [0.15, 0.2) is 29.7 Å². The van der Waals surface area contributed by atoms with Crippen LogP contribution in [0.25, 0.3) is 0 Å². The van der Waals surface area contributed by atoms with Gasteiger partial charge in [0.1, 0.15) is 0 Å². The Bertz CT molecular complexity index is 350. The third kappa shape index (κ3) is 13.6. The van der Waals surface area contributed by atoms with E-state index in [2.05, 4.69) is 36.6 Å². The number of aryl methyl sites for hydroxylation is 1. The van der Waals surface area contributed by atoms with Crippen LogP contribution < -0.4 is 0 Å². The van der Waals surface area contributed by atoms with Crippen LogP contribution in [0.5, 0.6) is 0 Å². The zero-order valence-corrected chi connectivity index (χ0v) is 16.2. The second-order valence-corrected chi connectivity index (χ2v) is 7.80. The van der Waals surface area contributed by atoms with Crippen molar-refractivity contribution in [1.82, 2.24) is 0 Å². The molecule has 0 atom stereocenters. The van der Waals surface area contributed by atoms with Crippen molar-refractivity contribution in [3.63, 3.8) is 0 Å². The normalized spacial score (nSPS) is 11.5. The Morgan fingerprint density at radius 2 is 1.30 bits per heavy atom. The van der Waals surface area contributed by atoms with Gasteiger partial charge in [0.05, 0.1) is 0 Å². The van der Waals surface area contributed by atoms with Gasteiger partial charge in [-0.3, -0.25) is 0 Å². The van der Waals surface area contributed by atoms with Crippen LogP contribution in [0.4, 0.5) is 0 Å². The highest BCUT2D eigenvalue weighted by Gasteiger charge is 1.94. The minimum absolute atomic E-state index is 1.29. The summed E-state index contributed by atoms with van der Waals surface area (Å²) in [6.45, 7) is 2.29. The number of hydrogen-bond acceptors (Lipinski definition) is 1. The van der Waals surface area contributed by atoms with E-state index in [-0.39, 0.29) is 0 Å². The van der Waals surface area contributed by atoms with Gasteiger partial charge in [-0.1, -0.05) is 82.9 Å². The summed E-state index contributed by atoms with van der Waals surface area (Å²) < 4.78 is 0. The maximum absolute atomic E-state index is 2.42. The monoisotopic (exact) mass is 334 g/mol. The second-order valence-electron chi connectivity index (χ2n) is 6.77. The summed E-state index contributed by atoms with van der Waals surface area (Å²) in [4.78, 5) is 1.56. The summed E-state index contributed by atoms with van der Waals surface area (Å²) >= 11 is 1.90. The highest BCUT2D eigenvalue weighted by molar-refractivity contribution is 7.09. The van der Waals surface area contributed by atoms with Crippen LogP contribution in [0.1, 0.15) is 102 Å². The van der Waals surface area contributed by atoms with E-state index in [4.69, 9.17) is 0 Å². The summed E-state index contributed by atoms with van der Waals surface area (Å²) in [6, 6.07) is 4.43. The van der Waals surface area contributed by atoms with E-state index >= 15 is 0 Å². The molecule has 0 fully saturated rings. The van der Waals surface area contributed by atoms with Crippen molar-refractivity contribution < 1.29 is 0 Å². The first-order valence-electron chi connectivity index (χ1n) is 10.1. The van der Waals surface area contributed by atoms with Gasteiger partial charge < -0.3 is 0 Å². The topological polar surface area (TPSA) is 0 Å². The first kappa shape index (κ1) is 20.5. The van der Waals surface area contributed by atoms with Gasteiger partial charge in [0.25, 0.3) is 0 Å². The van der Waals surface area contributed by atoms with E-state index in [9.17, 15) is 0 Å². The second kappa shape index (κ2) is 16.3. The van der Waals surface area contributed by atoms with E-state index < -0.39 is 0 Å². The molecule has 0 saturated heterocycles. The number of thiophene rings is 1. The molecule has 0 aliphatic carbocycles. The largest absolute Gasteiger partial charge is 0.149 e. The molecule has 132 valence electrons. The average molecular weight is 335 g/mol. The van der Waals surface area contributed by atoms with Gasteiger partial charge in [-0.05, 0) is 50.0 Å². The molecule has 0 aliphatic heterocycles. The maximum atomic E-state index is 2.42. The molecular weight excluding hydrogens is 296 g/mol. The van der Waals surface area contributed by atoms with Crippen molar-refractivity contribution in [2.45, 2.75) is 103 Å². The van der Waals surface area contributed by atoms with Crippen LogP contribution in [0, 0.1) is 0 Å². The smallest absolute Gasteiger partial charge is 0.00452 e. The predicted molar refractivity (Wildman–Crippen MR) is 107 cm³/mol. The molecule has 1 heteroatoms. The maximum Gasteiger partial charge on any atom is 0.00452 e. The Kier molecular flexibility index (Phi) is 14.5. The molecule has 1 heterocycles. The lowest BCUT2D eigenvalue weighted by molar-refractivity contribution is 0.597. The fourth-order valence-electron chi connectivity index (χ4n) is 3.00. The molecule has 0 N–H and O–H groups in total. The van der Waals surface area contributed by atoms with Gasteiger partial charge in [0.2, 0.25) is 0 Å². The SMILES string of the molecule is CCCCCCCC/C=C\CCCCCCCCc1cccs1. The molecule has 1 rings (SSSR count). The van der Waals surface area contributed by atoms with Crippen molar-refractivity contribution >= 4 is 11.3 Å². The van der Waals surface area contributed by atoms with Gasteiger partial charge >= 0.3 is 0 Å². The van der Waals surface area contributed by atoms with Gasteiger partial charge in [0.15, 0.2) is 0 Å². The highest BCUT2D eigenvalue weighted by atomic mass is 32.1. The highest BCUT2D eigenvalue weighted by Crippen LogP contribution is 2.14. The van der Waals surface area contributed by atoms with Crippen LogP contribution in [-0.4, -0.2) is 0 Å².